The van der Waals surface area contributed by atoms with Crippen LogP contribution < -0.4 is 4.74 Å². The third-order valence-electron chi connectivity index (χ3n) is 4.66. The van der Waals surface area contributed by atoms with E-state index in [1.807, 2.05) is 0 Å². The Balaban J connectivity index is 1.85. The normalized spacial score (nSPS) is 16.0. The van der Waals surface area contributed by atoms with Gasteiger partial charge in [0.05, 0.1) is 20.3 Å². The maximum Gasteiger partial charge on any atom is 0.123 e. The van der Waals surface area contributed by atoms with E-state index >= 15 is 0 Å². The van der Waals surface area contributed by atoms with Crippen molar-refractivity contribution in [2.24, 2.45) is 0 Å². The van der Waals surface area contributed by atoms with Crippen LogP contribution in [0, 0.1) is 0 Å². The summed E-state index contributed by atoms with van der Waals surface area (Å²) < 4.78 is 11.1. The Hall–Kier alpha value is -2.10. The molecule has 0 bridgehead atoms. The van der Waals surface area contributed by atoms with E-state index in [2.05, 4.69) is 53.4 Å². The largest absolute Gasteiger partial charge is 0.496 e. The minimum Gasteiger partial charge on any atom is -0.496 e. The van der Waals surface area contributed by atoms with E-state index in [1.54, 1.807) is 7.11 Å². The summed E-state index contributed by atoms with van der Waals surface area (Å²) in [5.74, 6) is 0.972. The second-order valence-electron chi connectivity index (χ2n) is 6.06. The molecule has 23 heavy (non-hydrogen) atoms. The lowest BCUT2D eigenvalue weighted by atomic mass is 9.98. The monoisotopic (exact) mass is 307 g/mol. The van der Waals surface area contributed by atoms with Crippen LogP contribution in [-0.2, 0) is 11.3 Å². The summed E-state index contributed by atoms with van der Waals surface area (Å²) in [7, 11) is 1.75. The summed E-state index contributed by atoms with van der Waals surface area (Å²) in [5, 5.41) is 5.11. The number of hydrogen-bond donors (Lipinski definition) is 0. The predicted molar refractivity (Wildman–Crippen MR) is 94.1 cm³/mol. The van der Waals surface area contributed by atoms with Crippen molar-refractivity contribution in [2.75, 3.05) is 33.4 Å². The van der Waals surface area contributed by atoms with Crippen LogP contribution in [0.25, 0.3) is 21.5 Å². The highest BCUT2D eigenvalue weighted by molar-refractivity contribution is 6.00. The molecule has 0 atom stereocenters. The van der Waals surface area contributed by atoms with Gasteiger partial charge in [0.15, 0.2) is 0 Å². The van der Waals surface area contributed by atoms with Crippen molar-refractivity contribution < 1.29 is 9.47 Å². The molecule has 1 heterocycles. The molecule has 0 saturated carbocycles. The first-order valence-electron chi connectivity index (χ1n) is 8.13. The van der Waals surface area contributed by atoms with Crippen LogP contribution >= 0.6 is 0 Å². The Kier molecular flexibility index (Phi) is 3.90. The van der Waals surface area contributed by atoms with Crippen molar-refractivity contribution in [2.45, 2.75) is 6.54 Å². The van der Waals surface area contributed by atoms with Crippen LogP contribution in [-0.4, -0.2) is 38.3 Å². The van der Waals surface area contributed by atoms with Crippen LogP contribution in [0.5, 0.6) is 5.75 Å². The fourth-order valence-corrected chi connectivity index (χ4v) is 3.39. The predicted octanol–water partition coefficient (Wildman–Crippen LogP) is 3.83. The Morgan fingerprint density at radius 1 is 0.957 bits per heavy atom. The molecule has 1 aliphatic heterocycles. The van der Waals surface area contributed by atoms with E-state index in [1.165, 1.54) is 27.1 Å². The van der Waals surface area contributed by atoms with Crippen LogP contribution in [0.1, 0.15) is 5.56 Å². The molecule has 1 aliphatic rings. The van der Waals surface area contributed by atoms with E-state index in [-0.39, 0.29) is 0 Å². The molecule has 118 valence electrons. The van der Waals surface area contributed by atoms with Gasteiger partial charge in [-0.3, -0.25) is 4.90 Å². The number of nitrogens with zero attached hydrogens (tertiary/aromatic N) is 1. The lowest BCUT2D eigenvalue weighted by Crippen LogP contribution is -2.35. The van der Waals surface area contributed by atoms with Gasteiger partial charge in [-0.1, -0.05) is 30.3 Å². The van der Waals surface area contributed by atoms with Gasteiger partial charge in [0, 0.05) is 25.2 Å². The van der Waals surface area contributed by atoms with Gasteiger partial charge in [0.2, 0.25) is 0 Å². The zero-order valence-electron chi connectivity index (χ0n) is 13.4. The number of hydrogen-bond acceptors (Lipinski definition) is 3. The first-order chi connectivity index (χ1) is 11.3. The van der Waals surface area contributed by atoms with E-state index in [0.717, 1.165) is 38.6 Å². The van der Waals surface area contributed by atoms with E-state index < -0.39 is 0 Å². The average molecular weight is 307 g/mol. The maximum absolute atomic E-state index is 5.65. The molecule has 0 N–H and O–H groups in total. The topological polar surface area (TPSA) is 21.7 Å². The number of morpholine rings is 1. The molecule has 1 fully saturated rings. The SMILES string of the molecule is COc1ccc2cc3ccccc3cc2c1CN1CCOCC1. The minimum absolute atomic E-state index is 0.815. The molecule has 0 spiro atoms. The third kappa shape index (κ3) is 2.78. The van der Waals surface area contributed by atoms with Gasteiger partial charge in [-0.15, -0.1) is 0 Å². The highest BCUT2D eigenvalue weighted by atomic mass is 16.5. The van der Waals surface area contributed by atoms with Gasteiger partial charge in [-0.25, -0.2) is 0 Å². The Morgan fingerprint density at radius 2 is 1.70 bits per heavy atom. The van der Waals surface area contributed by atoms with E-state index in [9.17, 15) is 0 Å². The summed E-state index contributed by atoms with van der Waals surface area (Å²) in [6, 6.07) is 17.3. The van der Waals surface area contributed by atoms with Crippen LogP contribution in [0.15, 0.2) is 48.5 Å². The molecule has 1 saturated heterocycles. The molecule has 0 radical (unpaired) electrons. The van der Waals surface area contributed by atoms with Crippen LogP contribution in [0.2, 0.25) is 0 Å². The van der Waals surface area contributed by atoms with Gasteiger partial charge >= 0.3 is 0 Å². The molecular formula is C20H21NO2. The standard InChI is InChI=1S/C20H21NO2/c1-22-20-7-6-17-12-15-4-2-3-5-16(15)13-18(17)19(20)14-21-8-10-23-11-9-21/h2-7,12-13H,8-11,14H2,1H3. The fourth-order valence-electron chi connectivity index (χ4n) is 3.39. The summed E-state index contributed by atoms with van der Waals surface area (Å²) >= 11 is 0. The number of fused-ring (bicyclic) bond motifs is 2. The summed E-state index contributed by atoms with van der Waals surface area (Å²) in [6.45, 7) is 4.49. The highest BCUT2D eigenvalue weighted by Crippen LogP contribution is 2.32. The number of ether oxygens (including phenoxy) is 2. The van der Waals surface area contributed by atoms with Gasteiger partial charge in [0.1, 0.15) is 5.75 Å². The van der Waals surface area contributed by atoms with Gasteiger partial charge in [-0.05, 0) is 39.7 Å². The first kappa shape index (κ1) is 14.5. The van der Waals surface area contributed by atoms with Gasteiger partial charge in [-0.2, -0.15) is 0 Å². The molecule has 3 nitrogen and oxygen atoms in total. The summed E-state index contributed by atoms with van der Waals surface area (Å²) in [6.07, 6.45) is 0. The van der Waals surface area contributed by atoms with E-state index in [4.69, 9.17) is 9.47 Å². The fraction of sp³-hybridized carbons (Fsp3) is 0.300. The van der Waals surface area contributed by atoms with Crippen molar-refractivity contribution in [3.8, 4) is 5.75 Å². The Bertz CT molecular complexity index is 838. The summed E-state index contributed by atoms with van der Waals surface area (Å²) in [4.78, 5) is 2.44. The van der Waals surface area contributed by atoms with Crippen molar-refractivity contribution in [3.63, 3.8) is 0 Å². The molecule has 0 aromatic heterocycles. The second kappa shape index (κ2) is 6.19. The first-order valence-corrected chi connectivity index (χ1v) is 8.13. The van der Waals surface area contributed by atoms with Crippen molar-refractivity contribution in [3.05, 3.63) is 54.1 Å². The second-order valence-corrected chi connectivity index (χ2v) is 6.06. The number of rotatable bonds is 3. The molecular weight excluding hydrogens is 286 g/mol. The zero-order valence-corrected chi connectivity index (χ0v) is 13.4. The molecule has 4 rings (SSSR count). The smallest absolute Gasteiger partial charge is 0.123 e. The molecule has 3 heteroatoms. The van der Waals surface area contributed by atoms with Crippen LogP contribution in [0.3, 0.4) is 0 Å². The Labute approximate surface area is 136 Å². The lowest BCUT2D eigenvalue weighted by Gasteiger charge is -2.27. The number of methoxy groups -OCH3 is 1. The molecule has 0 unspecified atom stereocenters. The third-order valence-corrected chi connectivity index (χ3v) is 4.66. The average Bonchev–Trinajstić information content (AvgIpc) is 2.61. The maximum atomic E-state index is 5.65. The quantitative estimate of drug-likeness (QED) is 0.686. The Morgan fingerprint density at radius 3 is 2.43 bits per heavy atom. The van der Waals surface area contributed by atoms with Gasteiger partial charge < -0.3 is 9.47 Å². The van der Waals surface area contributed by atoms with E-state index in [0.29, 0.717) is 0 Å². The zero-order chi connectivity index (χ0) is 15.6. The van der Waals surface area contributed by atoms with Crippen molar-refractivity contribution in [1.82, 2.24) is 4.90 Å². The minimum atomic E-state index is 0.815. The highest BCUT2D eigenvalue weighted by Gasteiger charge is 2.16. The van der Waals surface area contributed by atoms with Gasteiger partial charge in [0.25, 0.3) is 0 Å². The number of benzene rings is 3. The van der Waals surface area contributed by atoms with Crippen LogP contribution in [0.4, 0.5) is 0 Å². The molecule has 3 aromatic rings. The van der Waals surface area contributed by atoms with Crippen molar-refractivity contribution >= 4 is 21.5 Å². The molecule has 0 aliphatic carbocycles. The molecule has 0 amide bonds. The molecule has 3 aromatic carbocycles. The summed E-state index contributed by atoms with van der Waals surface area (Å²) in [5.41, 5.74) is 1.28. The lowest BCUT2D eigenvalue weighted by molar-refractivity contribution is 0.0341. The van der Waals surface area contributed by atoms with Crippen molar-refractivity contribution in [1.29, 1.82) is 0 Å².